The van der Waals surface area contributed by atoms with Crippen LogP contribution < -0.4 is 10.6 Å². The van der Waals surface area contributed by atoms with E-state index in [1.807, 2.05) is 24.3 Å². The summed E-state index contributed by atoms with van der Waals surface area (Å²) in [6.45, 7) is 4.97. The molecule has 1 aliphatic rings. The maximum absolute atomic E-state index is 11.8. The number of guanidine groups is 1. The van der Waals surface area contributed by atoms with Gasteiger partial charge in [0.15, 0.2) is 5.96 Å². The Morgan fingerprint density at radius 1 is 1.37 bits per heavy atom. The molecule has 7 nitrogen and oxygen atoms in total. The van der Waals surface area contributed by atoms with E-state index in [1.54, 1.807) is 13.2 Å². The fourth-order valence-corrected chi connectivity index (χ4v) is 3.33. The van der Waals surface area contributed by atoms with Gasteiger partial charge in [0.1, 0.15) is 0 Å². The number of nitrogens with one attached hydrogen (secondary N) is 2. The minimum Gasteiger partial charge on any atom is -0.352 e. The molecule has 0 spiro atoms. The molecule has 7 heteroatoms. The lowest BCUT2D eigenvalue weighted by atomic mass is 10.1. The molecular formula is C20H28N6O. The van der Waals surface area contributed by atoms with Crippen molar-refractivity contribution in [1.82, 2.24) is 25.1 Å². The van der Waals surface area contributed by atoms with Crippen molar-refractivity contribution >= 4 is 11.9 Å². The second kappa shape index (κ2) is 9.21. The number of benzene rings is 1. The van der Waals surface area contributed by atoms with Crippen molar-refractivity contribution < 1.29 is 4.79 Å². The molecule has 2 heterocycles. The molecule has 3 rings (SSSR count). The third kappa shape index (κ3) is 5.32. The van der Waals surface area contributed by atoms with Gasteiger partial charge in [-0.2, -0.15) is 0 Å². The lowest BCUT2D eigenvalue weighted by Gasteiger charge is -2.19. The summed E-state index contributed by atoms with van der Waals surface area (Å²) in [7, 11) is 1.77. The van der Waals surface area contributed by atoms with Gasteiger partial charge in [0, 0.05) is 58.1 Å². The van der Waals surface area contributed by atoms with E-state index in [4.69, 9.17) is 0 Å². The van der Waals surface area contributed by atoms with Crippen molar-refractivity contribution in [2.24, 2.45) is 4.99 Å². The van der Waals surface area contributed by atoms with E-state index in [2.05, 4.69) is 49.4 Å². The number of aromatic nitrogens is 2. The quantitative estimate of drug-likeness (QED) is 0.600. The SMILES string of the molecule is CCC(=O)N1CCC(NC(=NC)NCc2cccc(Cn3ccnc3)c2)C1. The van der Waals surface area contributed by atoms with E-state index in [0.717, 1.165) is 32.0 Å². The number of nitrogens with zero attached hydrogens (tertiary/aromatic N) is 4. The van der Waals surface area contributed by atoms with Crippen molar-refractivity contribution in [2.75, 3.05) is 20.1 Å². The number of imidazole rings is 1. The summed E-state index contributed by atoms with van der Waals surface area (Å²) in [6.07, 6.45) is 7.09. The smallest absolute Gasteiger partial charge is 0.222 e. The maximum atomic E-state index is 11.8. The first-order chi connectivity index (χ1) is 13.2. The van der Waals surface area contributed by atoms with Gasteiger partial charge in [0.05, 0.1) is 6.33 Å². The van der Waals surface area contributed by atoms with Crippen LogP contribution in [-0.4, -0.2) is 52.5 Å². The second-order valence-corrected chi connectivity index (χ2v) is 6.80. The van der Waals surface area contributed by atoms with Gasteiger partial charge in [-0.15, -0.1) is 0 Å². The Morgan fingerprint density at radius 2 is 2.22 bits per heavy atom. The Balaban J connectivity index is 1.50. The van der Waals surface area contributed by atoms with Crippen molar-refractivity contribution in [3.05, 3.63) is 54.1 Å². The average Bonchev–Trinajstić information content (AvgIpc) is 3.37. The Bertz CT molecular complexity index is 771. The normalized spacial score (nSPS) is 17.2. The van der Waals surface area contributed by atoms with Crippen LogP contribution in [0.1, 0.15) is 30.9 Å². The van der Waals surface area contributed by atoms with Crippen molar-refractivity contribution in [3.63, 3.8) is 0 Å². The van der Waals surface area contributed by atoms with Crippen LogP contribution in [0.25, 0.3) is 0 Å². The fraction of sp³-hybridized carbons (Fsp3) is 0.450. The van der Waals surface area contributed by atoms with E-state index in [-0.39, 0.29) is 11.9 Å². The largest absolute Gasteiger partial charge is 0.352 e. The summed E-state index contributed by atoms with van der Waals surface area (Å²) >= 11 is 0. The molecule has 1 atom stereocenters. The van der Waals surface area contributed by atoms with Crippen molar-refractivity contribution in [3.8, 4) is 0 Å². The molecule has 0 saturated carbocycles. The zero-order valence-electron chi connectivity index (χ0n) is 16.1. The molecule has 0 bridgehead atoms. The van der Waals surface area contributed by atoms with Gasteiger partial charge < -0.3 is 20.1 Å². The third-order valence-electron chi connectivity index (χ3n) is 4.78. The van der Waals surface area contributed by atoms with Crippen LogP contribution in [0.3, 0.4) is 0 Å². The lowest BCUT2D eigenvalue weighted by Crippen LogP contribution is -2.44. The lowest BCUT2D eigenvalue weighted by molar-refractivity contribution is -0.129. The van der Waals surface area contributed by atoms with E-state index in [0.29, 0.717) is 13.0 Å². The van der Waals surface area contributed by atoms with Gasteiger partial charge in [-0.25, -0.2) is 4.98 Å². The predicted molar refractivity (Wildman–Crippen MR) is 106 cm³/mol. The number of hydrogen-bond donors (Lipinski definition) is 2. The zero-order chi connectivity index (χ0) is 19.1. The Morgan fingerprint density at radius 3 is 2.96 bits per heavy atom. The number of aliphatic imine (C=N–C) groups is 1. The summed E-state index contributed by atoms with van der Waals surface area (Å²) in [5.41, 5.74) is 2.43. The van der Waals surface area contributed by atoms with Crippen molar-refractivity contribution in [2.45, 2.75) is 38.9 Å². The first kappa shape index (κ1) is 18.9. The highest BCUT2D eigenvalue weighted by molar-refractivity contribution is 5.80. The van der Waals surface area contributed by atoms with Gasteiger partial charge in [0.25, 0.3) is 0 Å². The summed E-state index contributed by atoms with van der Waals surface area (Å²) in [5.74, 6) is 0.989. The molecule has 2 N–H and O–H groups in total. The minimum absolute atomic E-state index is 0.219. The summed E-state index contributed by atoms with van der Waals surface area (Å²) in [6, 6.07) is 8.74. The van der Waals surface area contributed by atoms with E-state index >= 15 is 0 Å². The maximum Gasteiger partial charge on any atom is 0.222 e. The number of amides is 1. The molecule has 0 radical (unpaired) electrons. The monoisotopic (exact) mass is 368 g/mol. The molecule has 1 saturated heterocycles. The second-order valence-electron chi connectivity index (χ2n) is 6.80. The molecule has 2 aromatic rings. The highest BCUT2D eigenvalue weighted by atomic mass is 16.2. The average molecular weight is 368 g/mol. The van der Waals surface area contributed by atoms with Gasteiger partial charge in [-0.05, 0) is 17.5 Å². The van der Waals surface area contributed by atoms with Gasteiger partial charge >= 0.3 is 0 Å². The summed E-state index contributed by atoms with van der Waals surface area (Å²) < 4.78 is 2.05. The highest BCUT2D eigenvalue weighted by Crippen LogP contribution is 2.11. The number of carbonyl (C=O) groups is 1. The Kier molecular flexibility index (Phi) is 6.46. The topological polar surface area (TPSA) is 74.6 Å². The Labute approximate surface area is 160 Å². The molecule has 144 valence electrons. The number of carbonyl (C=O) groups excluding carboxylic acids is 1. The highest BCUT2D eigenvalue weighted by Gasteiger charge is 2.25. The van der Waals surface area contributed by atoms with Crippen LogP contribution in [0.5, 0.6) is 0 Å². The number of rotatable bonds is 6. The molecule has 1 fully saturated rings. The van der Waals surface area contributed by atoms with Gasteiger partial charge in [-0.1, -0.05) is 31.2 Å². The van der Waals surface area contributed by atoms with Crippen LogP contribution in [-0.2, 0) is 17.9 Å². The predicted octanol–water partition coefficient (Wildman–Crippen LogP) is 1.61. The third-order valence-corrected chi connectivity index (χ3v) is 4.78. The first-order valence-electron chi connectivity index (χ1n) is 9.46. The van der Waals surface area contributed by atoms with E-state index in [1.165, 1.54) is 11.1 Å². The molecule has 1 amide bonds. The Hall–Kier alpha value is -2.83. The molecule has 1 unspecified atom stereocenters. The molecule has 0 aliphatic carbocycles. The van der Waals surface area contributed by atoms with E-state index in [9.17, 15) is 4.79 Å². The molecule has 1 aromatic heterocycles. The van der Waals surface area contributed by atoms with Crippen LogP contribution in [0, 0.1) is 0 Å². The molecule has 1 aromatic carbocycles. The fourth-order valence-electron chi connectivity index (χ4n) is 3.33. The molecule has 1 aliphatic heterocycles. The minimum atomic E-state index is 0.219. The first-order valence-corrected chi connectivity index (χ1v) is 9.46. The van der Waals surface area contributed by atoms with Gasteiger partial charge in [0.2, 0.25) is 5.91 Å². The summed E-state index contributed by atoms with van der Waals surface area (Å²) in [4.78, 5) is 22.1. The van der Waals surface area contributed by atoms with Crippen LogP contribution in [0.2, 0.25) is 0 Å². The van der Waals surface area contributed by atoms with Gasteiger partial charge in [-0.3, -0.25) is 9.79 Å². The van der Waals surface area contributed by atoms with Crippen LogP contribution >= 0.6 is 0 Å². The number of likely N-dealkylation sites (tertiary alicyclic amines) is 1. The number of hydrogen-bond acceptors (Lipinski definition) is 3. The van der Waals surface area contributed by atoms with E-state index < -0.39 is 0 Å². The standard InChI is InChI=1S/C20H28N6O/c1-3-19(27)26-9-7-18(14-26)24-20(21-2)23-12-16-5-4-6-17(11-16)13-25-10-8-22-15-25/h4-6,8,10-11,15,18H,3,7,9,12-14H2,1-2H3,(H2,21,23,24). The van der Waals surface area contributed by atoms with Crippen LogP contribution in [0.15, 0.2) is 48.0 Å². The molecular weight excluding hydrogens is 340 g/mol. The zero-order valence-corrected chi connectivity index (χ0v) is 16.1. The summed E-state index contributed by atoms with van der Waals surface area (Å²) in [5, 5.41) is 6.80. The molecule has 27 heavy (non-hydrogen) atoms. The van der Waals surface area contributed by atoms with Crippen LogP contribution in [0.4, 0.5) is 0 Å². The van der Waals surface area contributed by atoms with Crippen molar-refractivity contribution in [1.29, 1.82) is 0 Å².